The van der Waals surface area contributed by atoms with Crippen LogP contribution in [0.4, 0.5) is 10.6 Å². The van der Waals surface area contributed by atoms with Crippen LogP contribution in [0.5, 0.6) is 0 Å². The van der Waals surface area contributed by atoms with Crippen molar-refractivity contribution in [3.63, 3.8) is 0 Å². The van der Waals surface area contributed by atoms with E-state index in [9.17, 15) is 14.9 Å². The Bertz CT molecular complexity index is 1110. The molecule has 8 nitrogen and oxygen atoms in total. The lowest BCUT2D eigenvalue weighted by Crippen LogP contribution is -2.26. The van der Waals surface area contributed by atoms with Crippen LogP contribution in [0.3, 0.4) is 0 Å². The van der Waals surface area contributed by atoms with Crippen LogP contribution in [0, 0.1) is 17.0 Å². The lowest BCUT2D eigenvalue weighted by atomic mass is 9.98. The smallest absolute Gasteiger partial charge is 0.407 e. The van der Waals surface area contributed by atoms with Gasteiger partial charge in [0.2, 0.25) is 0 Å². The maximum absolute atomic E-state index is 12.1. The number of aryl methyl sites for hydroxylation is 1. The number of nitrogens with zero attached hydrogens (tertiary/aromatic N) is 2. The second kappa shape index (κ2) is 8.83. The number of H-pyrrole nitrogens is 1. The van der Waals surface area contributed by atoms with E-state index in [-0.39, 0.29) is 24.0 Å². The minimum atomic E-state index is -0.505. The first-order chi connectivity index (χ1) is 15.0. The van der Waals surface area contributed by atoms with Gasteiger partial charge in [-0.15, -0.1) is 0 Å². The second-order valence-corrected chi connectivity index (χ2v) is 7.26. The molecule has 0 unspecified atom stereocenters. The normalized spacial score (nSPS) is 12.5. The molecule has 1 aromatic heterocycles. The number of imidazole rings is 1. The largest absolute Gasteiger partial charge is 0.449 e. The number of nitrogens with one attached hydrogen (secondary N) is 2. The Morgan fingerprint density at radius 3 is 2.48 bits per heavy atom. The maximum atomic E-state index is 12.1. The van der Waals surface area contributed by atoms with Crippen LogP contribution in [0.2, 0.25) is 0 Å². The fraction of sp³-hybridized carbons (Fsp3) is 0.217. The molecule has 0 fully saturated rings. The van der Waals surface area contributed by atoms with E-state index in [2.05, 4.69) is 39.6 Å². The number of fused-ring (bicyclic) bond motifs is 3. The highest BCUT2D eigenvalue weighted by Gasteiger charge is 2.28. The molecule has 2 aromatic carbocycles. The summed E-state index contributed by atoms with van der Waals surface area (Å²) < 4.78 is 5.48. The summed E-state index contributed by atoms with van der Waals surface area (Å²) in [7, 11) is 0. The van der Waals surface area contributed by atoms with Gasteiger partial charge in [0.25, 0.3) is 0 Å². The Morgan fingerprint density at radius 2 is 1.84 bits per heavy atom. The number of amides is 1. The highest BCUT2D eigenvalue weighted by Crippen LogP contribution is 2.44. The minimum Gasteiger partial charge on any atom is -0.449 e. The molecule has 1 amide bonds. The number of rotatable bonds is 7. The van der Waals surface area contributed by atoms with Crippen LogP contribution in [0.25, 0.3) is 17.2 Å². The van der Waals surface area contributed by atoms with Crippen molar-refractivity contribution in [3.05, 3.63) is 87.4 Å². The first-order valence-electron chi connectivity index (χ1n) is 10.0. The number of carbonyl (C=O) groups is 1. The van der Waals surface area contributed by atoms with Gasteiger partial charge >= 0.3 is 11.9 Å². The van der Waals surface area contributed by atoms with Crippen LogP contribution >= 0.6 is 0 Å². The summed E-state index contributed by atoms with van der Waals surface area (Å²) in [5.41, 5.74) is 4.95. The standard InChI is InChI=1S/C23H22N4O4/c1-15-25-21(22(26-15)27(29)30)12-6-7-13-24-23(28)31-14-20-18-10-4-2-8-16(18)17-9-3-5-11-19(17)20/h2-6,8-12,20H,7,13-14H2,1H3,(H,24,28)(H,25,26). The van der Waals surface area contributed by atoms with Crippen molar-refractivity contribution in [1.29, 1.82) is 0 Å². The van der Waals surface area contributed by atoms with Crippen molar-refractivity contribution >= 4 is 18.0 Å². The first-order valence-corrected chi connectivity index (χ1v) is 10.0. The second-order valence-electron chi connectivity index (χ2n) is 7.26. The predicted molar refractivity (Wildman–Crippen MR) is 117 cm³/mol. The van der Waals surface area contributed by atoms with Crippen molar-refractivity contribution in [2.24, 2.45) is 0 Å². The van der Waals surface area contributed by atoms with Crippen LogP contribution < -0.4 is 5.32 Å². The van der Waals surface area contributed by atoms with Crippen LogP contribution in [0.1, 0.15) is 35.0 Å². The number of aromatic amines is 1. The average molecular weight is 418 g/mol. The number of nitro groups is 1. The molecule has 0 saturated carbocycles. The summed E-state index contributed by atoms with van der Waals surface area (Å²) in [6.45, 7) is 2.27. The molecule has 3 aromatic rings. The molecule has 1 aliphatic carbocycles. The van der Waals surface area contributed by atoms with Gasteiger partial charge in [-0.1, -0.05) is 54.6 Å². The molecule has 8 heteroatoms. The minimum absolute atomic E-state index is 0.0153. The third kappa shape index (κ3) is 4.32. The summed E-state index contributed by atoms with van der Waals surface area (Å²) in [5, 5.41) is 13.7. The van der Waals surface area contributed by atoms with Gasteiger partial charge in [-0.2, -0.15) is 0 Å². The SMILES string of the molecule is Cc1nc(C=CCCNC(=O)OCC2c3ccccc3-c3ccccc32)c([N+](=O)[O-])[nH]1. The molecular weight excluding hydrogens is 396 g/mol. The topological polar surface area (TPSA) is 110 Å². The number of hydrogen-bond acceptors (Lipinski definition) is 5. The maximum Gasteiger partial charge on any atom is 0.407 e. The molecule has 1 aliphatic rings. The van der Waals surface area contributed by atoms with Gasteiger partial charge in [-0.25, -0.2) is 14.8 Å². The van der Waals surface area contributed by atoms with Crippen molar-refractivity contribution < 1.29 is 14.5 Å². The van der Waals surface area contributed by atoms with Gasteiger partial charge in [0.1, 0.15) is 6.61 Å². The van der Waals surface area contributed by atoms with Crippen molar-refractivity contribution in [2.75, 3.05) is 13.2 Å². The van der Waals surface area contributed by atoms with Crippen molar-refractivity contribution in [3.8, 4) is 11.1 Å². The van der Waals surface area contributed by atoms with Gasteiger partial charge in [0.05, 0.1) is 0 Å². The summed E-state index contributed by atoms with van der Waals surface area (Å²) in [6, 6.07) is 16.3. The van der Waals surface area contributed by atoms with E-state index in [1.54, 1.807) is 19.1 Å². The van der Waals surface area contributed by atoms with Gasteiger partial charge < -0.3 is 20.2 Å². The van der Waals surface area contributed by atoms with Gasteiger partial charge in [0.15, 0.2) is 11.5 Å². The lowest BCUT2D eigenvalue weighted by molar-refractivity contribution is -0.389. The summed E-state index contributed by atoms with van der Waals surface area (Å²) in [5.74, 6) is 0.350. The summed E-state index contributed by atoms with van der Waals surface area (Å²) >= 11 is 0. The molecule has 0 atom stereocenters. The molecule has 0 spiro atoms. The first kappa shape index (κ1) is 20.3. The number of alkyl carbamates (subject to hydrolysis) is 1. The van der Waals surface area contributed by atoms with Gasteiger partial charge in [-0.3, -0.25) is 0 Å². The Kier molecular flexibility index (Phi) is 5.79. The van der Waals surface area contributed by atoms with E-state index in [1.165, 1.54) is 11.1 Å². The summed E-state index contributed by atoms with van der Waals surface area (Å²) in [4.78, 5) is 29.3. The number of carbonyl (C=O) groups excluding carboxylic acids is 1. The third-order valence-corrected chi connectivity index (χ3v) is 5.21. The average Bonchev–Trinajstić information content (AvgIpc) is 3.30. The molecule has 158 valence electrons. The molecule has 0 bridgehead atoms. The third-order valence-electron chi connectivity index (χ3n) is 5.21. The number of ether oxygens (including phenoxy) is 1. The molecule has 0 radical (unpaired) electrons. The number of aromatic nitrogens is 2. The van der Waals surface area contributed by atoms with Crippen molar-refractivity contribution in [2.45, 2.75) is 19.3 Å². The van der Waals surface area contributed by atoms with E-state index in [1.807, 2.05) is 24.3 Å². The monoisotopic (exact) mass is 418 g/mol. The zero-order chi connectivity index (χ0) is 21.8. The van der Waals surface area contributed by atoms with Crippen LogP contribution in [0.15, 0.2) is 54.6 Å². The highest BCUT2D eigenvalue weighted by atomic mass is 16.6. The molecular formula is C23H22N4O4. The molecule has 31 heavy (non-hydrogen) atoms. The van der Waals surface area contributed by atoms with E-state index >= 15 is 0 Å². The fourth-order valence-electron chi connectivity index (χ4n) is 3.85. The highest BCUT2D eigenvalue weighted by molar-refractivity contribution is 5.79. The van der Waals surface area contributed by atoms with Crippen LogP contribution in [-0.2, 0) is 4.74 Å². The predicted octanol–water partition coefficient (Wildman–Crippen LogP) is 4.57. The van der Waals surface area contributed by atoms with Gasteiger partial charge in [0, 0.05) is 19.4 Å². The van der Waals surface area contributed by atoms with Gasteiger partial charge in [-0.05, 0) is 39.7 Å². The Hall–Kier alpha value is -3.94. The van der Waals surface area contributed by atoms with E-state index in [0.29, 0.717) is 18.8 Å². The van der Waals surface area contributed by atoms with Crippen LogP contribution in [-0.4, -0.2) is 34.1 Å². The van der Waals surface area contributed by atoms with E-state index in [4.69, 9.17) is 4.74 Å². The molecule has 1 heterocycles. The lowest BCUT2D eigenvalue weighted by Gasteiger charge is -2.14. The zero-order valence-electron chi connectivity index (χ0n) is 17.0. The van der Waals surface area contributed by atoms with E-state index in [0.717, 1.165) is 11.1 Å². The molecule has 4 rings (SSSR count). The number of benzene rings is 2. The fourth-order valence-corrected chi connectivity index (χ4v) is 3.85. The molecule has 0 saturated heterocycles. The Balaban J connectivity index is 1.28. The summed E-state index contributed by atoms with van der Waals surface area (Å²) in [6.07, 6.45) is 3.30. The number of hydrogen-bond donors (Lipinski definition) is 2. The zero-order valence-corrected chi connectivity index (χ0v) is 17.0. The quantitative estimate of drug-likeness (QED) is 0.332. The Labute approximate surface area is 179 Å². The molecule has 2 N–H and O–H groups in total. The van der Waals surface area contributed by atoms with E-state index < -0.39 is 11.0 Å². The Morgan fingerprint density at radius 1 is 1.19 bits per heavy atom. The molecule has 0 aliphatic heterocycles. The van der Waals surface area contributed by atoms with Crippen molar-refractivity contribution in [1.82, 2.24) is 15.3 Å².